The lowest BCUT2D eigenvalue weighted by atomic mass is 9.96. The van der Waals surface area contributed by atoms with Crippen molar-refractivity contribution >= 4 is 29.0 Å². The standard InChI is InChI=1S/C28H26N4O3S/c1-17-16-23(18(2)31(17)20-9-7-19(8-10-20)27(33)34)26-25(24-6-4-5-15-29-24)30-28(36)32(26)21-11-13-22(35-3)14-12-21/h4-16,25-26H,1-3H3,(H,30,36)(H,33,34)/t25-,26-/m1/s1. The first-order valence-corrected chi connectivity index (χ1v) is 12.0. The second kappa shape index (κ2) is 9.47. The van der Waals surface area contributed by atoms with Gasteiger partial charge in [-0.05, 0) is 98.4 Å². The molecule has 0 radical (unpaired) electrons. The molecule has 7 nitrogen and oxygen atoms in total. The summed E-state index contributed by atoms with van der Waals surface area (Å²) in [4.78, 5) is 18.1. The third-order valence-electron chi connectivity index (χ3n) is 6.61. The number of nitrogens with one attached hydrogen (secondary N) is 1. The van der Waals surface area contributed by atoms with Crippen molar-refractivity contribution in [3.63, 3.8) is 0 Å². The number of carbonyl (C=O) groups is 1. The Balaban J connectivity index is 1.64. The van der Waals surface area contributed by atoms with E-state index in [0.717, 1.165) is 39.8 Å². The van der Waals surface area contributed by atoms with Gasteiger partial charge < -0.3 is 24.6 Å². The summed E-state index contributed by atoms with van der Waals surface area (Å²) in [5, 5.41) is 13.4. The summed E-state index contributed by atoms with van der Waals surface area (Å²) in [5.74, 6) is -0.167. The van der Waals surface area contributed by atoms with Crippen molar-refractivity contribution < 1.29 is 14.6 Å². The van der Waals surface area contributed by atoms with Gasteiger partial charge >= 0.3 is 5.97 Å². The number of aromatic carboxylic acids is 1. The van der Waals surface area contributed by atoms with Crippen LogP contribution in [0.5, 0.6) is 5.75 Å². The van der Waals surface area contributed by atoms with Crippen LogP contribution in [0.1, 0.15) is 45.1 Å². The lowest BCUT2D eigenvalue weighted by Crippen LogP contribution is -2.29. The van der Waals surface area contributed by atoms with Crippen molar-refractivity contribution in [3.8, 4) is 11.4 Å². The van der Waals surface area contributed by atoms with Crippen molar-refractivity contribution in [1.82, 2.24) is 14.9 Å². The number of ether oxygens (including phenoxy) is 1. The molecule has 1 aliphatic rings. The Morgan fingerprint density at radius 2 is 1.72 bits per heavy atom. The smallest absolute Gasteiger partial charge is 0.335 e. The van der Waals surface area contributed by atoms with E-state index < -0.39 is 5.97 Å². The van der Waals surface area contributed by atoms with Crippen molar-refractivity contribution in [2.24, 2.45) is 0 Å². The molecule has 0 bridgehead atoms. The van der Waals surface area contributed by atoms with E-state index in [1.807, 2.05) is 54.6 Å². The Labute approximate surface area is 215 Å². The average Bonchev–Trinajstić information content (AvgIpc) is 3.39. The summed E-state index contributed by atoms with van der Waals surface area (Å²) in [5.41, 5.74) is 6.20. The molecule has 1 saturated heterocycles. The van der Waals surface area contributed by atoms with E-state index in [0.29, 0.717) is 5.11 Å². The zero-order chi connectivity index (χ0) is 25.4. The predicted octanol–water partition coefficient (Wildman–Crippen LogP) is 5.37. The Hall–Kier alpha value is -4.17. The predicted molar refractivity (Wildman–Crippen MR) is 143 cm³/mol. The molecule has 3 heterocycles. The topological polar surface area (TPSA) is 79.6 Å². The van der Waals surface area contributed by atoms with Crippen LogP contribution in [0, 0.1) is 13.8 Å². The second-order valence-corrected chi connectivity index (χ2v) is 9.10. The zero-order valence-corrected chi connectivity index (χ0v) is 21.0. The molecule has 0 saturated carbocycles. The molecule has 182 valence electrons. The Morgan fingerprint density at radius 3 is 2.33 bits per heavy atom. The summed E-state index contributed by atoms with van der Waals surface area (Å²) < 4.78 is 7.50. The number of carboxylic acid groups (broad SMARTS) is 1. The highest BCUT2D eigenvalue weighted by Crippen LogP contribution is 2.44. The number of thiocarbonyl (C=S) groups is 1. The maximum atomic E-state index is 11.3. The van der Waals surface area contributed by atoms with Crippen LogP contribution in [0.15, 0.2) is 79.0 Å². The molecule has 0 amide bonds. The van der Waals surface area contributed by atoms with E-state index in [2.05, 4.69) is 39.7 Å². The van der Waals surface area contributed by atoms with Crippen LogP contribution in [0.4, 0.5) is 5.69 Å². The molecule has 36 heavy (non-hydrogen) atoms. The SMILES string of the molecule is COc1ccc(N2C(=S)N[C@H](c3ccccn3)[C@H]2c2cc(C)n(-c3ccc(C(=O)O)cc3)c2C)cc1. The van der Waals surface area contributed by atoms with Gasteiger partial charge in [0.25, 0.3) is 0 Å². The van der Waals surface area contributed by atoms with Crippen molar-refractivity contribution in [2.45, 2.75) is 25.9 Å². The Morgan fingerprint density at radius 1 is 1.03 bits per heavy atom. The minimum atomic E-state index is -0.943. The number of methoxy groups -OCH3 is 1. The minimum absolute atomic E-state index is 0.154. The number of carboxylic acids is 1. The molecule has 8 heteroatoms. The van der Waals surface area contributed by atoms with Gasteiger partial charge in [-0.3, -0.25) is 4.98 Å². The molecule has 5 rings (SSSR count). The lowest BCUT2D eigenvalue weighted by molar-refractivity contribution is 0.0697. The highest BCUT2D eigenvalue weighted by molar-refractivity contribution is 7.80. The molecule has 0 unspecified atom stereocenters. The summed E-state index contributed by atoms with van der Waals surface area (Å²) in [6.45, 7) is 4.13. The molecule has 2 atom stereocenters. The molecule has 0 aliphatic carbocycles. The number of hydrogen-bond acceptors (Lipinski definition) is 4. The summed E-state index contributed by atoms with van der Waals surface area (Å²) in [6.07, 6.45) is 1.79. The molecule has 0 spiro atoms. The molecule has 2 aromatic heterocycles. The largest absolute Gasteiger partial charge is 0.497 e. The quantitative estimate of drug-likeness (QED) is 0.346. The van der Waals surface area contributed by atoms with Gasteiger partial charge in [0.1, 0.15) is 5.75 Å². The third-order valence-corrected chi connectivity index (χ3v) is 6.92. The van der Waals surface area contributed by atoms with E-state index in [9.17, 15) is 9.90 Å². The first kappa shape index (κ1) is 23.6. The maximum Gasteiger partial charge on any atom is 0.335 e. The van der Waals surface area contributed by atoms with Crippen LogP contribution in [0.3, 0.4) is 0 Å². The number of nitrogens with zero attached hydrogens (tertiary/aromatic N) is 3. The summed E-state index contributed by atoms with van der Waals surface area (Å²) in [6, 6.07) is 22.5. The number of benzene rings is 2. The van der Waals surface area contributed by atoms with Crippen LogP contribution in [0.2, 0.25) is 0 Å². The molecule has 1 aliphatic heterocycles. The highest BCUT2D eigenvalue weighted by Gasteiger charge is 2.42. The summed E-state index contributed by atoms with van der Waals surface area (Å²) >= 11 is 5.85. The van der Waals surface area contributed by atoms with E-state index in [-0.39, 0.29) is 17.6 Å². The number of rotatable bonds is 6. The van der Waals surface area contributed by atoms with E-state index in [1.165, 1.54) is 0 Å². The van der Waals surface area contributed by atoms with Gasteiger partial charge in [-0.15, -0.1) is 0 Å². The number of hydrogen-bond donors (Lipinski definition) is 2. The summed E-state index contributed by atoms with van der Waals surface area (Å²) in [7, 11) is 1.65. The molecular weight excluding hydrogens is 472 g/mol. The molecule has 2 aromatic carbocycles. The Kier molecular flexibility index (Phi) is 6.20. The lowest BCUT2D eigenvalue weighted by Gasteiger charge is -2.28. The van der Waals surface area contributed by atoms with Gasteiger partial charge in [0.15, 0.2) is 5.11 Å². The first-order valence-electron chi connectivity index (χ1n) is 11.6. The second-order valence-electron chi connectivity index (χ2n) is 8.71. The third kappa shape index (κ3) is 4.09. The molecule has 2 N–H and O–H groups in total. The average molecular weight is 499 g/mol. The molecule has 4 aromatic rings. The van der Waals surface area contributed by atoms with Crippen LogP contribution in [-0.2, 0) is 0 Å². The number of pyridine rings is 1. The van der Waals surface area contributed by atoms with Gasteiger partial charge in [-0.2, -0.15) is 0 Å². The van der Waals surface area contributed by atoms with E-state index >= 15 is 0 Å². The minimum Gasteiger partial charge on any atom is -0.497 e. The number of aromatic nitrogens is 2. The zero-order valence-electron chi connectivity index (χ0n) is 20.2. The van der Waals surface area contributed by atoms with Crippen molar-refractivity contribution in [3.05, 3.63) is 107 Å². The first-order chi connectivity index (χ1) is 17.4. The Bertz CT molecular complexity index is 1420. The van der Waals surface area contributed by atoms with Gasteiger partial charge in [0.05, 0.1) is 30.5 Å². The maximum absolute atomic E-state index is 11.3. The van der Waals surface area contributed by atoms with E-state index in [1.54, 1.807) is 25.4 Å². The monoisotopic (exact) mass is 498 g/mol. The van der Waals surface area contributed by atoms with Crippen LogP contribution < -0.4 is 15.0 Å². The fraction of sp³-hybridized carbons (Fsp3) is 0.179. The van der Waals surface area contributed by atoms with Crippen molar-refractivity contribution in [2.75, 3.05) is 12.0 Å². The van der Waals surface area contributed by atoms with Crippen LogP contribution in [-0.4, -0.2) is 32.8 Å². The number of anilines is 1. The molecular formula is C28H26N4O3S. The van der Waals surface area contributed by atoms with Gasteiger partial charge in [0, 0.05) is 29.0 Å². The van der Waals surface area contributed by atoms with Crippen molar-refractivity contribution in [1.29, 1.82) is 0 Å². The van der Waals surface area contributed by atoms with Gasteiger partial charge in [-0.25, -0.2) is 4.79 Å². The van der Waals surface area contributed by atoms with E-state index in [4.69, 9.17) is 17.0 Å². The van der Waals surface area contributed by atoms with Crippen LogP contribution in [0.25, 0.3) is 5.69 Å². The highest BCUT2D eigenvalue weighted by atomic mass is 32.1. The van der Waals surface area contributed by atoms with Crippen LogP contribution >= 0.6 is 12.2 Å². The fourth-order valence-corrected chi connectivity index (χ4v) is 5.28. The fourth-order valence-electron chi connectivity index (χ4n) is 4.93. The van der Waals surface area contributed by atoms with Gasteiger partial charge in [-0.1, -0.05) is 6.07 Å². The van der Waals surface area contributed by atoms with Gasteiger partial charge in [0.2, 0.25) is 0 Å². The molecule has 1 fully saturated rings. The normalized spacial score (nSPS) is 17.2. The number of aryl methyl sites for hydroxylation is 1.